The highest BCUT2D eigenvalue weighted by Gasteiger charge is 2.30. The molecule has 2 fully saturated rings. The summed E-state index contributed by atoms with van der Waals surface area (Å²) in [4.78, 5) is 29.0. The summed E-state index contributed by atoms with van der Waals surface area (Å²) in [6.45, 7) is 6.51. The molecule has 0 aromatic heterocycles. The molecule has 152 valence electrons. The first-order chi connectivity index (χ1) is 13.4. The van der Waals surface area contributed by atoms with Crippen LogP contribution in [0.4, 0.5) is 5.69 Å². The molecule has 6 nitrogen and oxygen atoms in total. The summed E-state index contributed by atoms with van der Waals surface area (Å²) < 4.78 is 0. The van der Waals surface area contributed by atoms with Gasteiger partial charge in [-0.3, -0.25) is 9.59 Å². The van der Waals surface area contributed by atoms with Gasteiger partial charge in [0.05, 0.1) is 6.54 Å². The maximum absolute atomic E-state index is 13.0. The highest BCUT2D eigenvalue weighted by molar-refractivity contribution is 7.80. The average Bonchev–Trinajstić information content (AvgIpc) is 3.14. The van der Waals surface area contributed by atoms with Crippen LogP contribution in [-0.2, 0) is 9.59 Å². The van der Waals surface area contributed by atoms with Gasteiger partial charge in [0.2, 0.25) is 11.8 Å². The highest BCUT2D eigenvalue weighted by atomic mass is 32.1. The van der Waals surface area contributed by atoms with Gasteiger partial charge >= 0.3 is 0 Å². The first-order valence-corrected chi connectivity index (χ1v) is 10.6. The van der Waals surface area contributed by atoms with Crippen molar-refractivity contribution in [2.75, 3.05) is 31.5 Å². The van der Waals surface area contributed by atoms with Crippen LogP contribution in [0.5, 0.6) is 0 Å². The van der Waals surface area contributed by atoms with Gasteiger partial charge in [-0.15, -0.1) is 0 Å². The minimum atomic E-state index is -0.389. The first kappa shape index (κ1) is 20.6. The summed E-state index contributed by atoms with van der Waals surface area (Å²) in [6.07, 6.45) is 4.69. The lowest BCUT2D eigenvalue weighted by Crippen LogP contribution is -2.51. The summed E-state index contributed by atoms with van der Waals surface area (Å²) in [5, 5.41) is 6.82. The van der Waals surface area contributed by atoms with Gasteiger partial charge in [-0.1, -0.05) is 17.7 Å². The molecule has 3 rings (SSSR count). The third-order valence-corrected chi connectivity index (χ3v) is 5.72. The van der Waals surface area contributed by atoms with Crippen LogP contribution in [0.3, 0.4) is 0 Å². The van der Waals surface area contributed by atoms with Crippen molar-refractivity contribution in [2.24, 2.45) is 0 Å². The molecule has 0 bridgehead atoms. The number of nitrogens with one attached hydrogen (secondary N) is 2. The SMILES string of the molecule is Cc1ccc(NC(=S)N[C@H]2CCCCN(CC(=O)N3CCCC3)C2=O)c(C)c1. The van der Waals surface area contributed by atoms with Crippen molar-refractivity contribution in [3.05, 3.63) is 29.3 Å². The Balaban J connectivity index is 1.59. The van der Waals surface area contributed by atoms with Crippen molar-refractivity contribution in [1.29, 1.82) is 0 Å². The summed E-state index contributed by atoms with van der Waals surface area (Å²) in [6, 6.07) is 5.72. The maximum Gasteiger partial charge on any atom is 0.245 e. The number of hydrogen-bond acceptors (Lipinski definition) is 3. The second kappa shape index (κ2) is 9.37. The van der Waals surface area contributed by atoms with Crippen LogP contribution in [0.1, 0.15) is 43.2 Å². The molecular weight excluding hydrogens is 372 g/mol. The van der Waals surface area contributed by atoms with Crippen LogP contribution in [0.25, 0.3) is 0 Å². The topological polar surface area (TPSA) is 64.7 Å². The van der Waals surface area contributed by atoms with E-state index >= 15 is 0 Å². The van der Waals surface area contributed by atoms with Gasteiger partial charge in [-0.2, -0.15) is 0 Å². The van der Waals surface area contributed by atoms with Gasteiger partial charge in [-0.05, 0) is 69.8 Å². The highest BCUT2D eigenvalue weighted by Crippen LogP contribution is 2.17. The van der Waals surface area contributed by atoms with E-state index in [-0.39, 0.29) is 24.4 Å². The number of anilines is 1. The minimum absolute atomic E-state index is 0.0326. The van der Waals surface area contributed by atoms with E-state index in [0.29, 0.717) is 11.7 Å². The van der Waals surface area contributed by atoms with E-state index in [1.807, 2.05) is 24.0 Å². The Bertz CT molecular complexity index is 746. The number of likely N-dealkylation sites (tertiary alicyclic amines) is 2. The van der Waals surface area contributed by atoms with Crippen molar-refractivity contribution in [3.63, 3.8) is 0 Å². The van der Waals surface area contributed by atoms with E-state index in [4.69, 9.17) is 12.2 Å². The van der Waals surface area contributed by atoms with Crippen LogP contribution in [-0.4, -0.2) is 58.9 Å². The fourth-order valence-corrected chi connectivity index (χ4v) is 4.15. The standard InChI is InChI=1S/C21H30N4O2S/c1-15-8-9-17(16(2)13-15)22-21(28)23-18-7-3-4-12-25(20(18)27)14-19(26)24-10-5-6-11-24/h8-9,13,18H,3-7,10-12,14H2,1-2H3,(H2,22,23,28)/t18-/m0/s1. The zero-order valence-corrected chi connectivity index (χ0v) is 17.6. The molecule has 2 heterocycles. The number of nitrogens with zero attached hydrogens (tertiary/aromatic N) is 2. The molecule has 1 aromatic carbocycles. The monoisotopic (exact) mass is 402 g/mol. The van der Waals surface area contributed by atoms with E-state index in [2.05, 4.69) is 23.6 Å². The second-order valence-electron chi connectivity index (χ2n) is 7.81. The van der Waals surface area contributed by atoms with Gasteiger partial charge < -0.3 is 20.4 Å². The molecule has 7 heteroatoms. The lowest BCUT2D eigenvalue weighted by atomic mass is 10.1. The molecule has 0 spiro atoms. The van der Waals surface area contributed by atoms with E-state index < -0.39 is 0 Å². The summed E-state index contributed by atoms with van der Waals surface area (Å²) in [5.74, 6) is 0.0253. The Morgan fingerprint density at radius 3 is 2.57 bits per heavy atom. The minimum Gasteiger partial charge on any atom is -0.351 e. The normalized spacial score (nSPS) is 20.1. The van der Waals surface area contributed by atoms with E-state index in [1.54, 1.807) is 4.90 Å². The van der Waals surface area contributed by atoms with Gasteiger partial charge in [0.1, 0.15) is 6.04 Å². The largest absolute Gasteiger partial charge is 0.351 e. The molecule has 0 radical (unpaired) electrons. The Morgan fingerprint density at radius 2 is 1.86 bits per heavy atom. The molecule has 2 aliphatic heterocycles. The fraction of sp³-hybridized carbons (Fsp3) is 0.571. The molecule has 2 aliphatic rings. The van der Waals surface area contributed by atoms with Crippen molar-refractivity contribution in [3.8, 4) is 0 Å². The second-order valence-corrected chi connectivity index (χ2v) is 8.22. The van der Waals surface area contributed by atoms with Crippen LogP contribution in [0, 0.1) is 13.8 Å². The van der Waals surface area contributed by atoms with E-state index in [1.165, 1.54) is 5.56 Å². The van der Waals surface area contributed by atoms with Crippen molar-refractivity contribution in [2.45, 2.75) is 52.0 Å². The molecule has 2 amide bonds. The molecule has 1 atom stereocenters. The van der Waals surface area contributed by atoms with Crippen LogP contribution in [0.15, 0.2) is 18.2 Å². The molecule has 0 unspecified atom stereocenters. The number of rotatable bonds is 4. The lowest BCUT2D eigenvalue weighted by Gasteiger charge is -2.27. The molecule has 2 saturated heterocycles. The number of carbonyl (C=O) groups is 2. The molecule has 2 N–H and O–H groups in total. The third kappa shape index (κ3) is 5.22. The zero-order valence-electron chi connectivity index (χ0n) is 16.8. The quantitative estimate of drug-likeness (QED) is 0.758. The number of amides is 2. The van der Waals surface area contributed by atoms with Gasteiger partial charge in [0.15, 0.2) is 5.11 Å². The van der Waals surface area contributed by atoms with Crippen LogP contribution < -0.4 is 10.6 Å². The van der Waals surface area contributed by atoms with E-state index in [9.17, 15) is 9.59 Å². The smallest absolute Gasteiger partial charge is 0.245 e. The lowest BCUT2D eigenvalue weighted by molar-refractivity contribution is -0.140. The van der Waals surface area contributed by atoms with Gasteiger partial charge in [-0.25, -0.2) is 0 Å². The molecule has 28 heavy (non-hydrogen) atoms. The average molecular weight is 403 g/mol. The predicted molar refractivity (Wildman–Crippen MR) is 115 cm³/mol. The summed E-state index contributed by atoms with van der Waals surface area (Å²) in [5.41, 5.74) is 3.23. The maximum atomic E-state index is 13.0. The van der Waals surface area contributed by atoms with Crippen LogP contribution in [0.2, 0.25) is 0 Å². The summed E-state index contributed by atoms with van der Waals surface area (Å²) >= 11 is 5.45. The predicted octanol–water partition coefficient (Wildman–Crippen LogP) is 2.59. The Morgan fingerprint density at radius 1 is 1.14 bits per heavy atom. The van der Waals surface area contributed by atoms with Crippen molar-refractivity contribution < 1.29 is 9.59 Å². The summed E-state index contributed by atoms with van der Waals surface area (Å²) in [7, 11) is 0. The molecule has 0 saturated carbocycles. The number of hydrogen-bond donors (Lipinski definition) is 2. The number of carbonyl (C=O) groups excluding carboxylic acids is 2. The van der Waals surface area contributed by atoms with Crippen molar-refractivity contribution >= 4 is 34.8 Å². The Kier molecular flexibility index (Phi) is 6.88. The Hall–Kier alpha value is -2.15. The van der Waals surface area contributed by atoms with Crippen LogP contribution >= 0.6 is 12.2 Å². The zero-order chi connectivity index (χ0) is 20.1. The molecule has 0 aliphatic carbocycles. The first-order valence-electron chi connectivity index (χ1n) is 10.2. The number of thiocarbonyl (C=S) groups is 1. The Labute approximate surface area is 172 Å². The fourth-order valence-electron chi connectivity index (χ4n) is 3.90. The van der Waals surface area contributed by atoms with Gasteiger partial charge in [0.25, 0.3) is 0 Å². The number of aryl methyl sites for hydroxylation is 2. The van der Waals surface area contributed by atoms with Gasteiger partial charge in [0, 0.05) is 25.3 Å². The molecular formula is C21H30N4O2S. The van der Waals surface area contributed by atoms with Crippen molar-refractivity contribution in [1.82, 2.24) is 15.1 Å². The number of benzene rings is 1. The third-order valence-electron chi connectivity index (χ3n) is 5.50. The molecule has 1 aromatic rings. The van der Waals surface area contributed by atoms with E-state index in [0.717, 1.165) is 56.4 Å².